The van der Waals surface area contributed by atoms with E-state index < -0.39 is 5.82 Å². The number of nitrogens with zero attached hydrogens (tertiary/aromatic N) is 5. The van der Waals surface area contributed by atoms with Crippen LogP contribution in [0.2, 0.25) is 5.02 Å². The number of aromatic nitrogens is 3. The van der Waals surface area contributed by atoms with E-state index in [2.05, 4.69) is 10.3 Å². The summed E-state index contributed by atoms with van der Waals surface area (Å²) in [5.74, 6) is -0.811. The van der Waals surface area contributed by atoms with Crippen molar-refractivity contribution in [2.24, 2.45) is 0 Å². The second-order valence-electron chi connectivity index (χ2n) is 4.87. The summed E-state index contributed by atoms with van der Waals surface area (Å²) < 4.78 is 14.5. The van der Waals surface area contributed by atoms with Crippen LogP contribution in [0.1, 0.15) is 5.69 Å². The van der Waals surface area contributed by atoms with Crippen molar-refractivity contribution in [1.29, 1.82) is 0 Å². The van der Waals surface area contributed by atoms with Crippen LogP contribution in [-0.2, 0) is 11.3 Å². The summed E-state index contributed by atoms with van der Waals surface area (Å²) in [4.78, 5) is 25.9. The van der Waals surface area contributed by atoms with Crippen molar-refractivity contribution >= 4 is 23.5 Å². The Morgan fingerprint density at radius 1 is 1.36 bits per heavy atom. The Bertz CT molecular complexity index is 763. The Morgan fingerprint density at radius 2 is 2.14 bits per heavy atom. The monoisotopic (exact) mass is 323 g/mol. The van der Waals surface area contributed by atoms with E-state index in [0.29, 0.717) is 11.4 Å². The Balaban J connectivity index is 1.81. The van der Waals surface area contributed by atoms with Gasteiger partial charge in [-0.2, -0.15) is 0 Å². The highest BCUT2D eigenvalue weighted by atomic mass is 35.5. The average Bonchev–Trinajstić information content (AvgIpc) is 3.03. The number of halogens is 2. The smallest absolute Gasteiger partial charge is 0.318 e. The number of benzene rings is 1. The van der Waals surface area contributed by atoms with Crippen molar-refractivity contribution in [2.75, 3.05) is 13.6 Å². The van der Waals surface area contributed by atoms with Crippen LogP contribution in [0.5, 0.6) is 0 Å². The molecule has 7 nitrogen and oxygen atoms in total. The number of amides is 3. The van der Waals surface area contributed by atoms with Crippen molar-refractivity contribution in [2.45, 2.75) is 6.54 Å². The molecular formula is C13H11ClFN5O2. The molecule has 1 saturated heterocycles. The van der Waals surface area contributed by atoms with Crippen molar-refractivity contribution in [1.82, 2.24) is 24.8 Å². The van der Waals surface area contributed by atoms with Gasteiger partial charge < -0.3 is 4.90 Å². The number of hydrogen-bond acceptors (Lipinski definition) is 4. The van der Waals surface area contributed by atoms with Gasteiger partial charge in [0.15, 0.2) is 0 Å². The van der Waals surface area contributed by atoms with E-state index in [9.17, 15) is 14.0 Å². The Hall–Kier alpha value is -2.48. The predicted octanol–water partition coefficient (Wildman–Crippen LogP) is 1.45. The molecule has 3 rings (SSSR count). The minimum absolute atomic E-state index is 0.0268. The molecule has 9 heteroatoms. The number of carbonyl (C=O) groups excluding carboxylic acids is 2. The summed E-state index contributed by atoms with van der Waals surface area (Å²) >= 11 is 5.72. The summed E-state index contributed by atoms with van der Waals surface area (Å²) in [6.45, 7) is 0.0947. The van der Waals surface area contributed by atoms with Gasteiger partial charge in [-0.1, -0.05) is 16.8 Å². The molecule has 3 amide bonds. The van der Waals surface area contributed by atoms with Crippen molar-refractivity contribution in [3.05, 3.63) is 40.9 Å². The zero-order valence-electron chi connectivity index (χ0n) is 11.5. The standard InChI is InChI=1S/C13H11ClFN5O2/c1-18-7-12(21)19(13(18)22)5-8-6-20(17-16-8)9-2-3-11(15)10(14)4-9/h2-4,6H,5,7H2,1H3. The number of imide groups is 1. The van der Waals surface area contributed by atoms with Gasteiger partial charge in [0.2, 0.25) is 0 Å². The third-order valence-electron chi connectivity index (χ3n) is 3.26. The molecule has 0 N–H and O–H groups in total. The minimum atomic E-state index is -0.526. The normalized spacial score (nSPS) is 15.0. The average molecular weight is 324 g/mol. The molecule has 1 aromatic heterocycles. The van der Waals surface area contributed by atoms with Crippen LogP contribution in [0.25, 0.3) is 5.69 Å². The Kier molecular flexibility index (Phi) is 3.53. The first kappa shape index (κ1) is 14.5. The van der Waals surface area contributed by atoms with E-state index in [4.69, 9.17) is 11.6 Å². The zero-order chi connectivity index (χ0) is 15.9. The van der Waals surface area contributed by atoms with Crippen LogP contribution in [0.15, 0.2) is 24.4 Å². The van der Waals surface area contributed by atoms with Gasteiger partial charge in [0.25, 0.3) is 5.91 Å². The minimum Gasteiger partial charge on any atom is -0.318 e. The van der Waals surface area contributed by atoms with Gasteiger partial charge in [0, 0.05) is 7.05 Å². The zero-order valence-corrected chi connectivity index (χ0v) is 12.3. The molecule has 0 bridgehead atoms. The van der Waals surface area contributed by atoms with Crippen LogP contribution in [0.4, 0.5) is 9.18 Å². The van der Waals surface area contributed by atoms with Gasteiger partial charge in [-0.15, -0.1) is 5.10 Å². The molecule has 0 radical (unpaired) electrons. The quantitative estimate of drug-likeness (QED) is 0.802. The number of rotatable bonds is 3. The molecule has 2 aromatic rings. The van der Waals surface area contributed by atoms with Crippen LogP contribution in [0, 0.1) is 5.82 Å². The molecule has 0 unspecified atom stereocenters. The number of likely N-dealkylation sites (N-methyl/N-ethyl adjacent to an activating group) is 1. The molecule has 0 spiro atoms. The number of hydrogen-bond donors (Lipinski definition) is 0. The fourth-order valence-corrected chi connectivity index (χ4v) is 2.29. The molecule has 1 aliphatic rings. The van der Waals surface area contributed by atoms with Crippen LogP contribution in [0.3, 0.4) is 0 Å². The molecular weight excluding hydrogens is 313 g/mol. The molecule has 1 fully saturated rings. The molecule has 1 aliphatic heterocycles. The van der Waals surface area contributed by atoms with E-state index in [1.165, 1.54) is 27.8 Å². The Labute approximate surface area is 129 Å². The van der Waals surface area contributed by atoms with Crippen molar-refractivity contribution in [3.63, 3.8) is 0 Å². The van der Waals surface area contributed by atoms with Crippen molar-refractivity contribution < 1.29 is 14.0 Å². The lowest BCUT2D eigenvalue weighted by Crippen LogP contribution is -2.31. The first-order valence-corrected chi connectivity index (χ1v) is 6.75. The summed E-state index contributed by atoms with van der Waals surface area (Å²) in [7, 11) is 1.55. The number of carbonyl (C=O) groups is 2. The molecule has 22 heavy (non-hydrogen) atoms. The maximum atomic E-state index is 13.1. The fraction of sp³-hybridized carbons (Fsp3) is 0.231. The van der Waals surface area contributed by atoms with Crippen LogP contribution < -0.4 is 0 Å². The molecule has 0 aliphatic carbocycles. The van der Waals surface area contributed by atoms with Gasteiger partial charge in [-0.3, -0.25) is 9.69 Å². The molecule has 1 aromatic carbocycles. The largest absolute Gasteiger partial charge is 0.327 e. The number of urea groups is 1. The first-order valence-electron chi connectivity index (χ1n) is 6.38. The summed E-state index contributed by atoms with van der Waals surface area (Å²) in [6.07, 6.45) is 1.56. The molecule has 114 valence electrons. The molecule has 0 atom stereocenters. The lowest BCUT2D eigenvalue weighted by atomic mass is 10.3. The topological polar surface area (TPSA) is 71.3 Å². The van der Waals surface area contributed by atoms with Crippen LogP contribution in [-0.4, -0.2) is 50.3 Å². The Morgan fingerprint density at radius 3 is 2.77 bits per heavy atom. The molecule has 2 heterocycles. The highest BCUT2D eigenvalue weighted by Gasteiger charge is 2.33. The SMILES string of the molecule is CN1CC(=O)N(Cc2cn(-c3ccc(F)c(Cl)c3)nn2)C1=O. The third kappa shape index (κ3) is 2.52. The third-order valence-corrected chi connectivity index (χ3v) is 3.55. The van der Waals surface area contributed by atoms with E-state index >= 15 is 0 Å². The second-order valence-corrected chi connectivity index (χ2v) is 5.28. The van der Waals surface area contributed by atoms with E-state index in [1.54, 1.807) is 13.2 Å². The summed E-state index contributed by atoms with van der Waals surface area (Å²) in [5, 5.41) is 7.78. The highest BCUT2D eigenvalue weighted by molar-refractivity contribution is 6.30. The van der Waals surface area contributed by atoms with Gasteiger partial charge in [0.05, 0.1) is 23.5 Å². The van der Waals surface area contributed by atoms with E-state index in [-0.39, 0.29) is 30.1 Å². The second kappa shape index (κ2) is 5.38. The maximum Gasteiger partial charge on any atom is 0.327 e. The molecule has 0 saturated carbocycles. The van der Waals surface area contributed by atoms with Crippen LogP contribution >= 0.6 is 11.6 Å². The highest BCUT2D eigenvalue weighted by Crippen LogP contribution is 2.19. The summed E-state index contributed by atoms with van der Waals surface area (Å²) in [5.41, 5.74) is 0.971. The first-order chi connectivity index (χ1) is 10.5. The predicted molar refractivity (Wildman–Crippen MR) is 74.9 cm³/mol. The fourth-order valence-electron chi connectivity index (χ4n) is 2.11. The van der Waals surface area contributed by atoms with E-state index in [1.807, 2.05) is 0 Å². The van der Waals surface area contributed by atoms with E-state index in [0.717, 1.165) is 4.90 Å². The maximum absolute atomic E-state index is 13.1. The van der Waals surface area contributed by atoms with Gasteiger partial charge in [-0.25, -0.2) is 13.9 Å². The van der Waals surface area contributed by atoms with Gasteiger partial charge in [-0.05, 0) is 18.2 Å². The van der Waals surface area contributed by atoms with Crippen molar-refractivity contribution in [3.8, 4) is 5.69 Å². The van der Waals surface area contributed by atoms with Gasteiger partial charge in [0.1, 0.15) is 18.1 Å². The lowest BCUT2D eigenvalue weighted by Gasteiger charge is -2.11. The van der Waals surface area contributed by atoms with Gasteiger partial charge >= 0.3 is 6.03 Å². The summed E-state index contributed by atoms with van der Waals surface area (Å²) in [6, 6.07) is 3.76. The lowest BCUT2D eigenvalue weighted by molar-refractivity contribution is -0.125.